The van der Waals surface area contributed by atoms with E-state index < -0.39 is 17.2 Å². The lowest BCUT2D eigenvalue weighted by atomic mass is 10.1. The van der Waals surface area contributed by atoms with E-state index in [1.807, 2.05) is 4.57 Å². The first-order valence-corrected chi connectivity index (χ1v) is 10.0. The fourth-order valence-electron chi connectivity index (χ4n) is 4.83. The summed E-state index contributed by atoms with van der Waals surface area (Å²) in [5.41, 5.74) is 0.486. The number of aromatic carboxylic acids is 1. The molecule has 2 saturated carbocycles. The molecule has 0 bridgehead atoms. The molecule has 2 N–H and O–H groups in total. The highest BCUT2D eigenvalue weighted by Crippen LogP contribution is 2.58. The summed E-state index contributed by atoms with van der Waals surface area (Å²) in [5.74, 6) is -1.13. The van der Waals surface area contributed by atoms with Crippen molar-refractivity contribution in [3.63, 3.8) is 0 Å². The molecule has 0 amide bonds. The molecule has 5 rings (SSSR count). The highest BCUT2D eigenvalue weighted by Gasteiger charge is 2.59. The molecule has 29 heavy (non-hydrogen) atoms. The van der Waals surface area contributed by atoms with E-state index in [4.69, 9.17) is 0 Å². The van der Waals surface area contributed by atoms with Crippen LogP contribution in [-0.4, -0.2) is 41.8 Å². The predicted octanol–water partition coefficient (Wildman–Crippen LogP) is 3.03. The summed E-state index contributed by atoms with van der Waals surface area (Å²) in [7, 11) is 0. The molecule has 6 nitrogen and oxygen atoms in total. The normalized spacial score (nSPS) is 25.0. The summed E-state index contributed by atoms with van der Waals surface area (Å²) in [6.07, 6.45) is 4.50. The number of benzene rings is 1. The first-order chi connectivity index (χ1) is 13.4. The van der Waals surface area contributed by atoms with Crippen LogP contribution < -0.4 is 15.6 Å². The highest BCUT2D eigenvalue weighted by molar-refractivity contribution is 5.93. The Labute approximate surface area is 174 Å². The first kappa shape index (κ1) is 20.2. The van der Waals surface area contributed by atoms with Gasteiger partial charge in [0.05, 0.1) is 11.2 Å². The molecule has 0 spiro atoms. The van der Waals surface area contributed by atoms with E-state index in [0.717, 1.165) is 39.0 Å². The third kappa shape index (κ3) is 3.20. The first-order valence-electron chi connectivity index (χ1n) is 10.0. The Kier molecular flexibility index (Phi) is 4.86. The van der Waals surface area contributed by atoms with Crippen LogP contribution in [0.5, 0.6) is 0 Å². The van der Waals surface area contributed by atoms with Crippen molar-refractivity contribution in [3.8, 4) is 0 Å². The number of fused-ring (bicyclic) bond motifs is 2. The van der Waals surface area contributed by atoms with Gasteiger partial charge >= 0.3 is 5.97 Å². The number of carbonyl (C=O) groups is 1. The molecule has 1 aromatic heterocycles. The van der Waals surface area contributed by atoms with Gasteiger partial charge in [-0.1, -0.05) is 6.92 Å². The van der Waals surface area contributed by atoms with E-state index in [0.29, 0.717) is 17.1 Å². The second-order valence-corrected chi connectivity index (χ2v) is 8.56. The molecule has 1 aromatic carbocycles. The van der Waals surface area contributed by atoms with E-state index >= 15 is 0 Å². The van der Waals surface area contributed by atoms with Gasteiger partial charge < -0.3 is 19.9 Å². The maximum Gasteiger partial charge on any atom is 0.341 e. The molecule has 3 aliphatic rings. The van der Waals surface area contributed by atoms with Crippen molar-refractivity contribution >= 4 is 35.0 Å². The second-order valence-electron chi connectivity index (χ2n) is 8.56. The minimum Gasteiger partial charge on any atom is -0.477 e. The summed E-state index contributed by atoms with van der Waals surface area (Å²) in [6.45, 7) is 5.61. The minimum atomic E-state index is -1.27. The molecular weight excluding hydrogens is 397 g/mol. The topological polar surface area (TPSA) is 74.6 Å². The molecule has 8 heteroatoms. The van der Waals surface area contributed by atoms with Crippen LogP contribution in [-0.2, 0) is 0 Å². The lowest BCUT2D eigenvalue weighted by Gasteiger charge is -2.25. The zero-order valence-corrected chi connectivity index (χ0v) is 17.1. The maximum atomic E-state index is 15.0. The largest absolute Gasteiger partial charge is 0.477 e. The maximum absolute atomic E-state index is 15.0. The van der Waals surface area contributed by atoms with Gasteiger partial charge in [0, 0.05) is 42.7 Å². The number of nitrogens with one attached hydrogen (secondary N) is 1. The third-order valence-corrected chi connectivity index (χ3v) is 6.64. The molecule has 156 valence electrons. The fourth-order valence-corrected chi connectivity index (χ4v) is 4.83. The zero-order chi connectivity index (χ0) is 19.6. The average molecular weight is 422 g/mol. The molecule has 2 unspecified atom stereocenters. The van der Waals surface area contributed by atoms with E-state index in [1.54, 1.807) is 6.07 Å². The molecule has 2 aliphatic carbocycles. The van der Waals surface area contributed by atoms with Crippen molar-refractivity contribution in [2.75, 3.05) is 31.1 Å². The van der Waals surface area contributed by atoms with Crippen LogP contribution in [0.25, 0.3) is 10.9 Å². The Bertz CT molecular complexity index is 1050. The highest BCUT2D eigenvalue weighted by atomic mass is 35.5. The standard InChI is InChI=1S/C21H24FN3O3.ClH/c1-2-23-10-21-7-12(21)8-24(11-21)18-6-17-14(5-16(18)22)19(26)15(20(27)28)9-25(17)13-3-4-13;/h5-6,9,12-13,23H,2-4,7-8,10-11H2,1H3,(H,27,28);1H. The number of aromatic nitrogens is 1. The van der Waals surface area contributed by atoms with Crippen molar-refractivity contribution in [1.82, 2.24) is 9.88 Å². The number of nitrogens with zero attached hydrogens (tertiary/aromatic N) is 2. The number of hydrogen-bond donors (Lipinski definition) is 2. The Morgan fingerprint density at radius 1 is 1.38 bits per heavy atom. The van der Waals surface area contributed by atoms with Crippen LogP contribution in [0.1, 0.15) is 42.6 Å². The number of anilines is 1. The van der Waals surface area contributed by atoms with Crippen LogP contribution in [0.15, 0.2) is 23.1 Å². The third-order valence-electron chi connectivity index (χ3n) is 6.64. The second kappa shape index (κ2) is 6.99. The molecule has 1 aliphatic heterocycles. The quantitative estimate of drug-likeness (QED) is 0.750. The SMILES string of the molecule is CCNCC12CC1CN(c1cc3c(cc1F)c(=O)c(C(=O)O)cn3C1CC1)C2.Cl. The lowest BCUT2D eigenvalue weighted by molar-refractivity contribution is 0.0695. The van der Waals surface area contributed by atoms with Crippen LogP contribution in [0, 0.1) is 17.2 Å². The van der Waals surface area contributed by atoms with Gasteiger partial charge in [-0.3, -0.25) is 4.79 Å². The molecule has 3 fully saturated rings. The van der Waals surface area contributed by atoms with E-state index in [9.17, 15) is 19.1 Å². The summed E-state index contributed by atoms with van der Waals surface area (Å²) >= 11 is 0. The Morgan fingerprint density at radius 3 is 2.79 bits per heavy atom. The van der Waals surface area contributed by atoms with Crippen LogP contribution in [0.2, 0.25) is 0 Å². The summed E-state index contributed by atoms with van der Waals surface area (Å²) in [6, 6.07) is 3.17. The van der Waals surface area contributed by atoms with Gasteiger partial charge in [-0.05, 0) is 43.9 Å². The summed E-state index contributed by atoms with van der Waals surface area (Å²) < 4.78 is 16.9. The monoisotopic (exact) mass is 421 g/mol. The number of hydrogen-bond acceptors (Lipinski definition) is 4. The van der Waals surface area contributed by atoms with Crippen molar-refractivity contribution in [3.05, 3.63) is 39.9 Å². The Hall–Kier alpha value is -2.12. The van der Waals surface area contributed by atoms with Gasteiger partial charge in [-0.25, -0.2) is 9.18 Å². The van der Waals surface area contributed by atoms with Crippen LogP contribution in [0.3, 0.4) is 0 Å². The number of rotatable bonds is 6. The number of pyridine rings is 1. The number of carboxylic acid groups (broad SMARTS) is 1. The van der Waals surface area contributed by atoms with Crippen LogP contribution >= 0.6 is 12.4 Å². The molecule has 2 atom stereocenters. The van der Waals surface area contributed by atoms with Gasteiger partial charge in [-0.2, -0.15) is 0 Å². The summed E-state index contributed by atoms with van der Waals surface area (Å²) in [4.78, 5) is 26.1. The van der Waals surface area contributed by atoms with Gasteiger partial charge in [0.1, 0.15) is 11.4 Å². The molecule has 0 radical (unpaired) electrons. The summed E-state index contributed by atoms with van der Waals surface area (Å²) in [5, 5.41) is 12.9. The van der Waals surface area contributed by atoms with E-state index in [-0.39, 0.29) is 34.8 Å². The Morgan fingerprint density at radius 2 is 2.14 bits per heavy atom. The van der Waals surface area contributed by atoms with E-state index in [1.165, 1.54) is 18.7 Å². The number of carboxylic acids is 1. The number of piperidine rings is 1. The van der Waals surface area contributed by atoms with Crippen molar-refractivity contribution < 1.29 is 14.3 Å². The molecule has 1 saturated heterocycles. The zero-order valence-electron chi connectivity index (χ0n) is 16.3. The van der Waals surface area contributed by atoms with Gasteiger partial charge in [0.15, 0.2) is 0 Å². The average Bonchev–Trinajstić information content (AvgIpc) is 3.58. The fraction of sp³-hybridized carbons (Fsp3) is 0.524. The van der Waals surface area contributed by atoms with Crippen LogP contribution in [0.4, 0.5) is 10.1 Å². The lowest BCUT2D eigenvalue weighted by Crippen LogP contribution is -2.31. The molecular formula is C21H25ClFN3O3. The molecule has 2 heterocycles. The predicted molar refractivity (Wildman–Crippen MR) is 112 cm³/mol. The Balaban J connectivity index is 0.00000205. The molecule has 2 aromatic rings. The number of halogens is 2. The van der Waals surface area contributed by atoms with Gasteiger partial charge in [0.2, 0.25) is 5.43 Å². The van der Waals surface area contributed by atoms with Gasteiger partial charge in [0.25, 0.3) is 0 Å². The van der Waals surface area contributed by atoms with E-state index in [2.05, 4.69) is 17.1 Å². The van der Waals surface area contributed by atoms with Crippen molar-refractivity contribution in [2.45, 2.75) is 32.2 Å². The smallest absolute Gasteiger partial charge is 0.341 e. The minimum absolute atomic E-state index is 0. The van der Waals surface area contributed by atoms with Crippen molar-refractivity contribution in [1.29, 1.82) is 0 Å². The van der Waals surface area contributed by atoms with Crippen molar-refractivity contribution in [2.24, 2.45) is 11.3 Å². The van der Waals surface area contributed by atoms with Gasteiger partial charge in [-0.15, -0.1) is 12.4 Å².